The largest absolute Gasteiger partial charge is 0.351 e. The van der Waals surface area contributed by atoms with Crippen LogP contribution in [0.15, 0.2) is 24.3 Å². The fourth-order valence-corrected chi connectivity index (χ4v) is 3.46. The molecule has 2 aromatic rings. The maximum Gasteiger partial charge on any atom is 0.274 e. The maximum absolute atomic E-state index is 12.7. The second-order valence-electron chi connectivity index (χ2n) is 6.92. The quantitative estimate of drug-likeness (QED) is 0.729. The second-order valence-corrected chi connectivity index (χ2v) is 7.32. The molecule has 3 rings (SSSR count). The summed E-state index contributed by atoms with van der Waals surface area (Å²) in [6.45, 7) is 3.75. The molecule has 1 aliphatic rings. The lowest BCUT2D eigenvalue weighted by molar-refractivity contribution is 0.102. The highest BCUT2D eigenvalue weighted by Gasteiger charge is 2.16. The van der Waals surface area contributed by atoms with Gasteiger partial charge in [0.2, 0.25) is 5.95 Å². The van der Waals surface area contributed by atoms with Crippen LogP contribution in [0.3, 0.4) is 0 Å². The number of aromatic nitrogens is 2. The van der Waals surface area contributed by atoms with E-state index in [4.69, 9.17) is 11.6 Å². The topological polar surface area (TPSA) is 66.9 Å². The number of rotatable bonds is 4. The van der Waals surface area contributed by atoms with Gasteiger partial charge in [0.25, 0.3) is 5.91 Å². The molecule has 0 atom stereocenters. The molecule has 1 aromatic carbocycles. The Morgan fingerprint density at radius 3 is 2.58 bits per heavy atom. The molecule has 2 N–H and O–H groups in total. The summed E-state index contributed by atoms with van der Waals surface area (Å²) in [5, 5.41) is 6.93. The Hall–Kier alpha value is -2.14. The van der Waals surface area contributed by atoms with Gasteiger partial charge < -0.3 is 10.6 Å². The van der Waals surface area contributed by atoms with Gasteiger partial charge in [0.15, 0.2) is 0 Å². The van der Waals surface area contributed by atoms with Crippen molar-refractivity contribution in [1.82, 2.24) is 9.97 Å². The molecule has 0 saturated heterocycles. The Balaban J connectivity index is 1.75. The standard InChI is InChI=1S/C20H25ClN4O/c1-13-12-18(19(26)24-17-11-7-10-16(21)14(17)2)25-20(22-13)23-15-8-5-3-4-6-9-15/h7,10-12,15H,3-6,8-9H2,1-2H3,(H,24,26)(H,22,23,25). The first-order chi connectivity index (χ1) is 12.5. The normalized spacial score (nSPS) is 15.3. The number of halogens is 1. The first-order valence-electron chi connectivity index (χ1n) is 9.21. The van der Waals surface area contributed by atoms with E-state index in [2.05, 4.69) is 20.6 Å². The fraction of sp³-hybridized carbons (Fsp3) is 0.450. The summed E-state index contributed by atoms with van der Waals surface area (Å²) >= 11 is 6.13. The van der Waals surface area contributed by atoms with Crippen LogP contribution in [-0.4, -0.2) is 21.9 Å². The van der Waals surface area contributed by atoms with Gasteiger partial charge in [-0.15, -0.1) is 0 Å². The molecule has 0 radical (unpaired) electrons. The number of hydrogen-bond acceptors (Lipinski definition) is 4. The summed E-state index contributed by atoms with van der Waals surface area (Å²) < 4.78 is 0. The molecule has 5 nitrogen and oxygen atoms in total. The molecule has 0 spiro atoms. The Labute approximate surface area is 159 Å². The molecule has 1 fully saturated rings. The molecular weight excluding hydrogens is 348 g/mol. The number of aryl methyl sites for hydroxylation is 1. The summed E-state index contributed by atoms with van der Waals surface area (Å²) in [5.41, 5.74) is 2.65. The fourth-order valence-electron chi connectivity index (χ4n) is 3.28. The second kappa shape index (κ2) is 8.49. The molecule has 1 amide bonds. The minimum absolute atomic E-state index is 0.259. The predicted molar refractivity (Wildman–Crippen MR) is 106 cm³/mol. The number of nitrogens with zero attached hydrogens (tertiary/aromatic N) is 2. The van der Waals surface area contributed by atoms with Crippen molar-refractivity contribution >= 4 is 29.1 Å². The van der Waals surface area contributed by atoms with Gasteiger partial charge in [-0.3, -0.25) is 4.79 Å². The van der Waals surface area contributed by atoms with E-state index in [0.717, 1.165) is 24.1 Å². The average Bonchev–Trinajstić information content (AvgIpc) is 2.87. The number of hydrogen-bond donors (Lipinski definition) is 2. The third-order valence-corrected chi connectivity index (χ3v) is 5.20. The van der Waals surface area contributed by atoms with Crippen LogP contribution < -0.4 is 10.6 Å². The summed E-state index contributed by atoms with van der Waals surface area (Å²) in [6, 6.07) is 7.53. The minimum Gasteiger partial charge on any atom is -0.351 e. The van der Waals surface area contributed by atoms with Crippen molar-refractivity contribution < 1.29 is 4.79 Å². The average molecular weight is 373 g/mol. The molecule has 138 valence electrons. The van der Waals surface area contributed by atoms with Crippen LogP contribution in [-0.2, 0) is 0 Å². The van der Waals surface area contributed by atoms with Crippen molar-refractivity contribution in [3.8, 4) is 0 Å². The van der Waals surface area contributed by atoms with Crippen molar-refractivity contribution in [2.24, 2.45) is 0 Å². The van der Waals surface area contributed by atoms with E-state index in [1.165, 1.54) is 25.7 Å². The lowest BCUT2D eigenvalue weighted by Crippen LogP contribution is -2.22. The molecule has 0 bridgehead atoms. The van der Waals surface area contributed by atoms with Gasteiger partial charge in [-0.2, -0.15) is 0 Å². The summed E-state index contributed by atoms with van der Waals surface area (Å²) in [7, 11) is 0. The number of amides is 1. The van der Waals surface area contributed by atoms with Crippen molar-refractivity contribution in [2.75, 3.05) is 10.6 Å². The van der Waals surface area contributed by atoms with Gasteiger partial charge in [-0.25, -0.2) is 9.97 Å². The molecule has 1 saturated carbocycles. The first kappa shape index (κ1) is 18.6. The minimum atomic E-state index is -0.259. The smallest absolute Gasteiger partial charge is 0.274 e. The lowest BCUT2D eigenvalue weighted by Gasteiger charge is -2.17. The first-order valence-corrected chi connectivity index (χ1v) is 9.59. The molecule has 0 aliphatic heterocycles. The molecule has 1 heterocycles. The molecule has 1 aromatic heterocycles. The number of benzene rings is 1. The zero-order chi connectivity index (χ0) is 18.5. The van der Waals surface area contributed by atoms with Crippen LogP contribution in [0.25, 0.3) is 0 Å². The highest BCUT2D eigenvalue weighted by molar-refractivity contribution is 6.31. The molecule has 6 heteroatoms. The van der Waals surface area contributed by atoms with Gasteiger partial charge in [0.05, 0.1) is 0 Å². The van der Waals surface area contributed by atoms with Crippen molar-refractivity contribution in [3.63, 3.8) is 0 Å². The van der Waals surface area contributed by atoms with Crippen LogP contribution in [0.1, 0.15) is 60.3 Å². The zero-order valence-corrected chi connectivity index (χ0v) is 16.1. The third kappa shape index (κ3) is 4.73. The van der Waals surface area contributed by atoms with Crippen molar-refractivity contribution in [1.29, 1.82) is 0 Å². The van der Waals surface area contributed by atoms with Gasteiger partial charge in [-0.1, -0.05) is 43.4 Å². The molecule has 0 unspecified atom stereocenters. The summed E-state index contributed by atoms with van der Waals surface area (Å²) in [4.78, 5) is 21.6. The van der Waals surface area contributed by atoms with E-state index in [9.17, 15) is 4.79 Å². The van der Waals surface area contributed by atoms with Crippen LogP contribution in [0.2, 0.25) is 5.02 Å². The van der Waals surface area contributed by atoms with Crippen molar-refractivity contribution in [2.45, 2.75) is 58.4 Å². The van der Waals surface area contributed by atoms with Crippen LogP contribution in [0, 0.1) is 13.8 Å². The Morgan fingerprint density at radius 1 is 1.12 bits per heavy atom. The number of nitrogens with one attached hydrogen (secondary N) is 2. The van der Waals surface area contributed by atoms with E-state index in [0.29, 0.717) is 28.4 Å². The van der Waals surface area contributed by atoms with Gasteiger partial charge >= 0.3 is 0 Å². The zero-order valence-electron chi connectivity index (χ0n) is 15.3. The summed E-state index contributed by atoms with van der Waals surface area (Å²) in [5.74, 6) is 0.273. The predicted octanol–water partition coefficient (Wildman–Crippen LogP) is 5.13. The third-order valence-electron chi connectivity index (χ3n) is 4.79. The highest BCUT2D eigenvalue weighted by Crippen LogP contribution is 2.24. The van der Waals surface area contributed by atoms with E-state index < -0.39 is 0 Å². The van der Waals surface area contributed by atoms with Crippen LogP contribution in [0.4, 0.5) is 11.6 Å². The van der Waals surface area contributed by atoms with Gasteiger partial charge in [0.1, 0.15) is 5.69 Å². The Bertz CT molecular complexity index is 785. The molecule has 26 heavy (non-hydrogen) atoms. The van der Waals surface area contributed by atoms with Crippen LogP contribution in [0.5, 0.6) is 0 Å². The van der Waals surface area contributed by atoms with E-state index in [-0.39, 0.29) is 5.91 Å². The number of anilines is 2. The SMILES string of the molecule is Cc1cc(C(=O)Nc2cccc(Cl)c2C)nc(NC2CCCCCC2)n1. The lowest BCUT2D eigenvalue weighted by atomic mass is 10.1. The van der Waals surface area contributed by atoms with E-state index in [1.807, 2.05) is 26.0 Å². The van der Waals surface area contributed by atoms with Gasteiger partial charge in [0, 0.05) is 22.4 Å². The number of carbonyl (C=O) groups excluding carboxylic acids is 1. The Morgan fingerprint density at radius 2 is 1.85 bits per heavy atom. The monoisotopic (exact) mass is 372 g/mol. The highest BCUT2D eigenvalue weighted by atomic mass is 35.5. The summed E-state index contributed by atoms with van der Waals surface area (Å²) in [6.07, 6.45) is 7.29. The van der Waals surface area contributed by atoms with Crippen molar-refractivity contribution in [3.05, 3.63) is 46.2 Å². The molecule has 1 aliphatic carbocycles. The van der Waals surface area contributed by atoms with E-state index in [1.54, 1.807) is 12.1 Å². The number of carbonyl (C=O) groups is 1. The van der Waals surface area contributed by atoms with Gasteiger partial charge in [-0.05, 0) is 50.5 Å². The Kier molecular flexibility index (Phi) is 6.09. The molecular formula is C20H25ClN4O. The maximum atomic E-state index is 12.7. The van der Waals surface area contributed by atoms with E-state index >= 15 is 0 Å². The van der Waals surface area contributed by atoms with Crippen LogP contribution >= 0.6 is 11.6 Å².